The molecule has 1 heterocycles. The zero-order valence-corrected chi connectivity index (χ0v) is 10.1. The van der Waals surface area contributed by atoms with E-state index in [2.05, 4.69) is 0 Å². The van der Waals surface area contributed by atoms with E-state index >= 15 is 0 Å². The van der Waals surface area contributed by atoms with Crippen LogP contribution in [0.15, 0.2) is 24.3 Å². The molecule has 1 fully saturated rings. The standard InChI is InChI=1S/C12H16N4O2/c13-12(14)15-10-3-1-9(2-4-10)11(17)16-5-7-18-8-6-16/h1-4H,5-8H2,(H4,13,14,15)/p+1. The first-order valence-electron chi connectivity index (χ1n) is 5.82. The van der Waals surface area contributed by atoms with Crippen molar-refractivity contribution in [1.29, 1.82) is 5.41 Å². The number of carbonyl (C=O) groups excluding carboxylic acids is 1. The molecule has 0 saturated carbocycles. The van der Waals surface area contributed by atoms with Crippen LogP contribution < -0.4 is 11.1 Å². The Balaban J connectivity index is 2.04. The van der Waals surface area contributed by atoms with E-state index in [4.69, 9.17) is 15.9 Å². The number of carbonyl (C=O) groups is 1. The Bertz CT molecular complexity index is 438. The lowest BCUT2D eigenvalue weighted by molar-refractivity contribution is -0.447. The van der Waals surface area contributed by atoms with E-state index in [-0.39, 0.29) is 11.9 Å². The number of ether oxygens (including phenoxy) is 1. The lowest BCUT2D eigenvalue weighted by atomic mass is 10.1. The number of morpholine rings is 1. The molecule has 0 unspecified atom stereocenters. The Hall–Kier alpha value is -1.92. The number of nitrogens with two attached hydrogens (primary N) is 2. The highest BCUT2D eigenvalue weighted by Crippen LogP contribution is 2.09. The Labute approximate surface area is 105 Å². The average Bonchev–Trinajstić information content (AvgIpc) is 2.39. The minimum atomic E-state index is 0.00209. The molecule has 5 N–H and O–H groups in total. The van der Waals surface area contributed by atoms with Crippen LogP contribution in [0.25, 0.3) is 0 Å². The van der Waals surface area contributed by atoms with Crippen LogP contribution in [0.1, 0.15) is 10.4 Å². The van der Waals surface area contributed by atoms with Gasteiger partial charge in [0.1, 0.15) is 5.69 Å². The van der Waals surface area contributed by atoms with Gasteiger partial charge in [-0.05, 0) is 12.1 Å². The number of quaternary nitrogens is 1. The summed E-state index contributed by atoms with van der Waals surface area (Å²) >= 11 is 0. The molecule has 1 aliphatic rings. The fourth-order valence-electron chi connectivity index (χ4n) is 1.85. The molecule has 1 aliphatic heterocycles. The third-order valence-electron chi connectivity index (χ3n) is 2.78. The predicted molar refractivity (Wildman–Crippen MR) is 66.7 cm³/mol. The Kier molecular flexibility index (Phi) is 3.91. The number of amides is 1. The number of rotatable bonds is 2. The molecule has 6 heteroatoms. The number of nitrogens with one attached hydrogen (secondary N) is 1. The highest BCUT2D eigenvalue weighted by atomic mass is 16.5. The monoisotopic (exact) mass is 249 g/mol. The van der Waals surface area contributed by atoms with Crippen molar-refractivity contribution < 1.29 is 14.8 Å². The van der Waals surface area contributed by atoms with Crippen LogP contribution in [0.2, 0.25) is 0 Å². The zero-order chi connectivity index (χ0) is 13.0. The van der Waals surface area contributed by atoms with Crippen molar-refractivity contribution in [2.24, 2.45) is 5.73 Å². The highest BCUT2D eigenvalue weighted by molar-refractivity contribution is 5.94. The van der Waals surface area contributed by atoms with Crippen molar-refractivity contribution in [2.75, 3.05) is 26.3 Å². The SMILES string of the molecule is N=C(N)[NH2+]c1ccc(C(=O)N2CCOCC2)cc1. The first-order chi connectivity index (χ1) is 8.66. The molecule has 0 radical (unpaired) electrons. The molecule has 1 aromatic carbocycles. The van der Waals surface area contributed by atoms with E-state index in [1.54, 1.807) is 34.5 Å². The normalized spacial score (nSPS) is 15.4. The smallest absolute Gasteiger partial charge is 0.293 e. The van der Waals surface area contributed by atoms with Crippen LogP contribution in [0.5, 0.6) is 0 Å². The summed E-state index contributed by atoms with van der Waals surface area (Å²) < 4.78 is 5.21. The maximum atomic E-state index is 12.1. The van der Waals surface area contributed by atoms with Gasteiger partial charge in [-0.25, -0.2) is 5.41 Å². The summed E-state index contributed by atoms with van der Waals surface area (Å²) in [5, 5.41) is 8.71. The summed E-state index contributed by atoms with van der Waals surface area (Å²) in [6.45, 7) is 2.48. The van der Waals surface area contributed by atoms with Crippen molar-refractivity contribution >= 4 is 17.6 Å². The summed E-state index contributed by atoms with van der Waals surface area (Å²) in [6, 6.07) is 7.09. The molecule has 1 saturated heterocycles. The Morgan fingerprint density at radius 1 is 1.28 bits per heavy atom. The van der Waals surface area contributed by atoms with Gasteiger partial charge in [0.15, 0.2) is 0 Å². The quantitative estimate of drug-likeness (QED) is 0.365. The van der Waals surface area contributed by atoms with Crippen molar-refractivity contribution in [3.63, 3.8) is 0 Å². The van der Waals surface area contributed by atoms with Gasteiger partial charge in [-0.3, -0.25) is 10.1 Å². The van der Waals surface area contributed by atoms with E-state index in [1.807, 2.05) is 0 Å². The minimum absolute atomic E-state index is 0.00209. The van der Waals surface area contributed by atoms with E-state index in [0.29, 0.717) is 31.9 Å². The minimum Gasteiger partial charge on any atom is -0.378 e. The van der Waals surface area contributed by atoms with Gasteiger partial charge in [0.25, 0.3) is 11.9 Å². The maximum absolute atomic E-state index is 12.1. The summed E-state index contributed by atoms with van der Waals surface area (Å²) in [5.74, 6) is 0.0231. The molecule has 0 atom stereocenters. The number of hydrogen-bond acceptors (Lipinski definition) is 3. The molecule has 1 amide bonds. The van der Waals surface area contributed by atoms with E-state index in [0.717, 1.165) is 5.69 Å². The summed E-state index contributed by atoms with van der Waals surface area (Å²) in [4.78, 5) is 13.9. The molecule has 96 valence electrons. The van der Waals surface area contributed by atoms with Crippen molar-refractivity contribution in [1.82, 2.24) is 4.90 Å². The fraction of sp³-hybridized carbons (Fsp3) is 0.333. The average molecular weight is 249 g/mol. The number of benzene rings is 1. The van der Waals surface area contributed by atoms with Crippen LogP contribution in [0, 0.1) is 5.41 Å². The molecular weight excluding hydrogens is 232 g/mol. The van der Waals surface area contributed by atoms with Gasteiger partial charge < -0.3 is 15.4 Å². The lowest BCUT2D eigenvalue weighted by Crippen LogP contribution is -2.84. The molecule has 6 nitrogen and oxygen atoms in total. The van der Waals surface area contributed by atoms with Gasteiger partial charge in [-0.15, -0.1) is 0 Å². The zero-order valence-electron chi connectivity index (χ0n) is 10.1. The molecule has 0 aliphatic carbocycles. The number of guanidine groups is 1. The van der Waals surface area contributed by atoms with Crippen LogP contribution >= 0.6 is 0 Å². The molecule has 0 bridgehead atoms. The predicted octanol–water partition coefficient (Wildman–Crippen LogP) is -0.753. The second-order valence-electron chi connectivity index (χ2n) is 4.13. The van der Waals surface area contributed by atoms with Gasteiger partial charge in [0, 0.05) is 30.8 Å². The highest BCUT2D eigenvalue weighted by Gasteiger charge is 2.18. The second kappa shape index (κ2) is 5.61. The summed E-state index contributed by atoms with van der Waals surface area (Å²) in [5.41, 5.74) is 6.75. The van der Waals surface area contributed by atoms with Crippen LogP contribution in [-0.4, -0.2) is 43.1 Å². The van der Waals surface area contributed by atoms with E-state index < -0.39 is 0 Å². The van der Waals surface area contributed by atoms with Gasteiger partial charge >= 0.3 is 0 Å². The van der Waals surface area contributed by atoms with Gasteiger partial charge in [0.2, 0.25) is 0 Å². The fourth-order valence-corrected chi connectivity index (χ4v) is 1.85. The van der Waals surface area contributed by atoms with E-state index in [1.165, 1.54) is 0 Å². The van der Waals surface area contributed by atoms with Crippen LogP contribution in [0.4, 0.5) is 5.69 Å². The van der Waals surface area contributed by atoms with Gasteiger partial charge in [0.05, 0.1) is 13.2 Å². The Morgan fingerprint density at radius 3 is 2.44 bits per heavy atom. The Morgan fingerprint density at radius 2 is 1.89 bits per heavy atom. The molecule has 2 rings (SSSR count). The van der Waals surface area contributed by atoms with Crippen molar-refractivity contribution in [3.8, 4) is 0 Å². The number of hydrogen-bond donors (Lipinski definition) is 3. The molecule has 18 heavy (non-hydrogen) atoms. The largest absolute Gasteiger partial charge is 0.378 e. The molecule has 0 spiro atoms. The third kappa shape index (κ3) is 3.06. The third-order valence-corrected chi connectivity index (χ3v) is 2.78. The lowest BCUT2D eigenvalue weighted by Gasteiger charge is -2.26. The number of nitrogens with zero attached hydrogens (tertiary/aromatic N) is 1. The van der Waals surface area contributed by atoms with Crippen molar-refractivity contribution in [2.45, 2.75) is 0 Å². The summed E-state index contributed by atoms with van der Waals surface area (Å²) in [6.07, 6.45) is 0. The summed E-state index contributed by atoms with van der Waals surface area (Å²) in [7, 11) is 0. The van der Waals surface area contributed by atoms with E-state index in [9.17, 15) is 4.79 Å². The van der Waals surface area contributed by atoms with Crippen molar-refractivity contribution in [3.05, 3.63) is 29.8 Å². The second-order valence-corrected chi connectivity index (χ2v) is 4.13. The van der Waals surface area contributed by atoms with Gasteiger partial charge in [-0.1, -0.05) is 0 Å². The molecular formula is C12H17N4O2+. The first-order valence-corrected chi connectivity index (χ1v) is 5.82. The topological polar surface area (TPSA) is 96.0 Å². The maximum Gasteiger partial charge on any atom is 0.293 e. The van der Waals surface area contributed by atoms with Crippen LogP contribution in [-0.2, 0) is 4.74 Å². The van der Waals surface area contributed by atoms with Crippen LogP contribution in [0.3, 0.4) is 0 Å². The molecule has 0 aromatic heterocycles. The molecule has 1 aromatic rings. The van der Waals surface area contributed by atoms with Gasteiger partial charge in [-0.2, -0.15) is 0 Å². The first kappa shape index (κ1) is 12.5.